The Bertz CT molecular complexity index is 1430. The largest absolute Gasteiger partial charge is 0.350 e. The van der Waals surface area contributed by atoms with Gasteiger partial charge < -0.3 is 5.32 Å². The van der Waals surface area contributed by atoms with Gasteiger partial charge in [0.1, 0.15) is 5.82 Å². The Balaban J connectivity index is 1.80. The number of rotatable bonds is 7. The number of halogens is 1. The maximum absolute atomic E-state index is 14.0. The van der Waals surface area contributed by atoms with Crippen LogP contribution in [0.25, 0.3) is 16.6 Å². The normalized spacial score (nSPS) is 11.1. The molecular formula is C26H22FN3O3S. The minimum absolute atomic E-state index is 0.0325. The van der Waals surface area contributed by atoms with Gasteiger partial charge in [-0.25, -0.2) is 9.37 Å². The molecule has 0 radical (unpaired) electrons. The van der Waals surface area contributed by atoms with E-state index in [0.717, 1.165) is 11.8 Å². The molecule has 1 aromatic heterocycles. The molecule has 0 saturated heterocycles. The summed E-state index contributed by atoms with van der Waals surface area (Å²) in [5, 5.41) is 3.33. The van der Waals surface area contributed by atoms with Gasteiger partial charge in [0.15, 0.2) is 10.9 Å². The summed E-state index contributed by atoms with van der Waals surface area (Å²) in [6.45, 7) is 3.71. The van der Waals surface area contributed by atoms with Crippen LogP contribution in [-0.4, -0.2) is 33.0 Å². The number of Topliss-reactive ketones (excluding diaryl/α,β-unsaturated/α-hetero) is 1. The van der Waals surface area contributed by atoms with Gasteiger partial charge in [-0.15, -0.1) is 0 Å². The molecule has 0 atom stereocenters. The van der Waals surface area contributed by atoms with E-state index in [1.807, 2.05) is 19.9 Å². The van der Waals surface area contributed by atoms with Crippen LogP contribution < -0.4 is 10.9 Å². The van der Waals surface area contributed by atoms with Crippen molar-refractivity contribution in [1.29, 1.82) is 0 Å². The van der Waals surface area contributed by atoms with Crippen LogP contribution >= 0.6 is 11.8 Å². The molecule has 34 heavy (non-hydrogen) atoms. The number of hydrogen-bond donors (Lipinski definition) is 1. The summed E-state index contributed by atoms with van der Waals surface area (Å²) in [6.07, 6.45) is 0. The lowest BCUT2D eigenvalue weighted by atomic mass is 10.1. The molecule has 0 saturated carbocycles. The van der Waals surface area contributed by atoms with Gasteiger partial charge in [-0.1, -0.05) is 48.2 Å². The number of carbonyl (C=O) groups excluding carboxylic acids is 2. The molecule has 0 fully saturated rings. The maximum atomic E-state index is 14.0. The number of amides is 1. The monoisotopic (exact) mass is 475 g/mol. The van der Waals surface area contributed by atoms with Crippen LogP contribution in [0, 0.1) is 5.82 Å². The highest BCUT2D eigenvalue weighted by Crippen LogP contribution is 2.23. The molecule has 0 spiro atoms. The summed E-state index contributed by atoms with van der Waals surface area (Å²) in [5.74, 6) is -0.871. The van der Waals surface area contributed by atoms with Crippen molar-refractivity contribution in [2.45, 2.75) is 25.0 Å². The Morgan fingerprint density at radius 2 is 1.76 bits per heavy atom. The number of hydrogen-bond acceptors (Lipinski definition) is 5. The van der Waals surface area contributed by atoms with E-state index in [2.05, 4.69) is 10.3 Å². The predicted octanol–water partition coefficient (Wildman–Crippen LogP) is 4.64. The minimum atomic E-state index is -0.499. The van der Waals surface area contributed by atoms with Gasteiger partial charge in [0.25, 0.3) is 11.5 Å². The van der Waals surface area contributed by atoms with Gasteiger partial charge in [0, 0.05) is 17.2 Å². The van der Waals surface area contributed by atoms with Gasteiger partial charge in [0.2, 0.25) is 0 Å². The first kappa shape index (κ1) is 23.4. The number of fused-ring (bicyclic) bond motifs is 1. The van der Waals surface area contributed by atoms with Gasteiger partial charge >= 0.3 is 0 Å². The zero-order valence-corrected chi connectivity index (χ0v) is 19.4. The van der Waals surface area contributed by atoms with Gasteiger partial charge in [0.05, 0.1) is 22.3 Å². The predicted molar refractivity (Wildman–Crippen MR) is 131 cm³/mol. The van der Waals surface area contributed by atoms with Gasteiger partial charge in [-0.3, -0.25) is 19.0 Å². The number of nitrogens with one attached hydrogen (secondary N) is 1. The smallest absolute Gasteiger partial charge is 0.266 e. The summed E-state index contributed by atoms with van der Waals surface area (Å²) in [4.78, 5) is 43.2. The minimum Gasteiger partial charge on any atom is -0.350 e. The molecule has 0 bridgehead atoms. The molecule has 1 heterocycles. The molecule has 0 aliphatic heterocycles. The lowest BCUT2D eigenvalue weighted by Gasteiger charge is -2.14. The van der Waals surface area contributed by atoms with E-state index in [4.69, 9.17) is 0 Å². The summed E-state index contributed by atoms with van der Waals surface area (Å²) in [7, 11) is 0. The second-order valence-corrected chi connectivity index (χ2v) is 8.90. The van der Waals surface area contributed by atoms with Crippen molar-refractivity contribution in [3.8, 4) is 5.69 Å². The first-order valence-electron chi connectivity index (χ1n) is 10.7. The number of benzene rings is 3. The SMILES string of the molecule is CC(C)NC(=O)c1ccc2c(=O)n(-c3cccc(F)c3)c(SCC(=O)c3ccccc3)nc2c1. The van der Waals surface area contributed by atoms with E-state index in [9.17, 15) is 18.8 Å². The Morgan fingerprint density at radius 3 is 2.47 bits per heavy atom. The molecule has 3 aromatic carbocycles. The maximum Gasteiger partial charge on any atom is 0.266 e. The standard InChI is InChI=1S/C26H22FN3O3S/c1-16(2)28-24(32)18-11-12-21-22(13-18)29-26(34-15-23(31)17-7-4-3-5-8-17)30(25(21)33)20-10-6-9-19(27)14-20/h3-14,16H,15H2,1-2H3,(H,28,32). The molecule has 0 aliphatic rings. The van der Waals surface area contributed by atoms with E-state index < -0.39 is 11.4 Å². The highest BCUT2D eigenvalue weighted by Gasteiger charge is 2.17. The molecule has 0 aliphatic carbocycles. The highest BCUT2D eigenvalue weighted by molar-refractivity contribution is 7.99. The molecule has 0 unspecified atom stereocenters. The van der Waals surface area contributed by atoms with Crippen molar-refractivity contribution < 1.29 is 14.0 Å². The van der Waals surface area contributed by atoms with Crippen LogP contribution in [0.3, 0.4) is 0 Å². The molecule has 6 nitrogen and oxygen atoms in total. The zero-order valence-electron chi connectivity index (χ0n) is 18.6. The topological polar surface area (TPSA) is 81.1 Å². The molecule has 1 N–H and O–H groups in total. The second-order valence-electron chi connectivity index (χ2n) is 7.95. The lowest BCUT2D eigenvalue weighted by Crippen LogP contribution is -2.30. The first-order valence-corrected chi connectivity index (χ1v) is 11.7. The van der Waals surface area contributed by atoms with Crippen molar-refractivity contribution in [1.82, 2.24) is 14.9 Å². The molecule has 4 rings (SSSR count). The van der Waals surface area contributed by atoms with Crippen LogP contribution in [0.2, 0.25) is 0 Å². The third kappa shape index (κ3) is 5.07. The van der Waals surface area contributed by atoms with E-state index in [0.29, 0.717) is 22.3 Å². The fourth-order valence-corrected chi connectivity index (χ4v) is 4.34. The fraction of sp³-hybridized carbons (Fsp3) is 0.154. The van der Waals surface area contributed by atoms with Crippen molar-refractivity contribution in [3.63, 3.8) is 0 Å². The van der Waals surface area contributed by atoms with Crippen LogP contribution in [-0.2, 0) is 0 Å². The molecule has 8 heteroatoms. The van der Waals surface area contributed by atoms with Crippen molar-refractivity contribution >= 4 is 34.4 Å². The van der Waals surface area contributed by atoms with Gasteiger partial charge in [-0.2, -0.15) is 0 Å². The van der Waals surface area contributed by atoms with Gasteiger partial charge in [-0.05, 0) is 50.2 Å². The Hall–Kier alpha value is -3.78. The lowest BCUT2D eigenvalue weighted by molar-refractivity contribution is 0.0942. The average Bonchev–Trinajstić information content (AvgIpc) is 2.82. The van der Waals surface area contributed by atoms with Crippen molar-refractivity contribution in [2.24, 2.45) is 0 Å². The number of aromatic nitrogens is 2. The summed E-state index contributed by atoms with van der Waals surface area (Å²) < 4.78 is 15.3. The molecule has 1 amide bonds. The van der Waals surface area contributed by atoms with Crippen LogP contribution in [0.15, 0.2) is 82.7 Å². The van der Waals surface area contributed by atoms with Crippen LogP contribution in [0.1, 0.15) is 34.6 Å². The summed E-state index contributed by atoms with van der Waals surface area (Å²) >= 11 is 1.08. The molecular weight excluding hydrogens is 453 g/mol. The Labute approximate surface area is 199 Å². The van der Waals surface area contributed by atoms with E-state index in [1.54, 1.807) is 48.5 Å². The second kappa shape index (κ2) is 10.0. The van der Waals surface area contributed by atoms with E-state index in [-0.39, 0.29) is 34.0 Å². The number of ketones is 1. The van der Waals surface area contributed by atoms with Crippen molar-refractivity contribution in [3.05, 3.63) is 100 Å². The first-order chi connectivity index (χ1) is 16.3. The number of nitrogens with zero attached hydrogens (tertiary/aromatic N) is 2. The van der Waals surface area contributed by atoms with Crippen LogP contribution in [0.5, 0.6) is 0 Å². The molecule has 4 aromatic rings. The third-order valence-corrected chi connectivity index (χ3v) is 5.95. The summed E-state index contributed by atoms with van der Waals surface area (Å²) in [5.41, 5.74) is 1.12. The Kier molecular flexibility index (Phi) is 6.88. The average molecular weight is 476 g/mol. The summed E-state index contributed by atoms with van der Waals surface area (Å²) in [6, 6.07) is 19.0. The van der Waals surface area contributed by atoms with Crippen molar-refractivity contribution in [2.75, 3.05) is 5.75 Å². The third-order valence-electron chi connectivity index (χ3n) is 5.02. The van der Waals surface area contributed by atoms with E-state index in [1.165, 1.54) is 22.8 Å². The molecule has 172 valence electrons. The number of carbonyl (C=O) groups is 2. The zero-order chi connectivity index (χ0) is 24.2. The fourth-order valence-electron chi connectivity index (χ4n) is 3.43. The quantitative estimate of drug-likeness (QED) is 0.239. The number of thioether (sulfide) groups is 1. The van der Waals surface area contributed by atoms with E-state index >= 15 is 0 Å². The highest BCUT2D eigenvalue weighted by atomic mass is 32.2. The Morgan fingerprint density at radius 1 is 1.00 bits per heavy atom. The van der Waals surface area contributed by atoms with Crippen LogP contribution in [0.4, 0.5) is 4.39 Å².